The molecule has 0 saturated carbocycles. The van der Waals surface area contributed by atoms with Gasteiger partial charge in [-0.05, 0) is 31.9 Å². The lowest BCUT2D eigenvalue weighted by Gasteiger charge is -2.09. The standard InChI is InChI=1S/C14H15ClFN3/c1-9-10(2)19-14(13(15)18-9)17-8-7-11-5-3-4-6-12(11)16/h3-6H,7-8H2,1-2H3,(H,17,19). The first-order chi connectivity index (χ1) is 9.08. The molecule has 0 aliphatic rings. The molecule has 2 aromatic rings. The van der Waals surface area contributed by atoms with Gasteiger partial charge in [0.2, 0.25) is 0 Å². The summed E-state index contributed by atoms with van der Waals surface area (Å²) in [7, 11) is 0. The van der Waals surface area contributed by atoms with E-state index in [0.717, 1.165) is 11.4 Å². The Hall–Kier alpha value is -1.68. The molecule has 0 bridgehead atoms. The highest BCUT2D eigenvalue weighted by Crippen LogP contribution is 2.18. The van der Waals surface area contributed by atoms with Crippen LogP contribution in [0.3, 0.4) is 0 Å². The van der Waals surface area contributed by atoms with Gasteiger partial charge in [-0.25, -0.2) is 14.4 Å². The Bertz CT molecular complexity index is 587. The van der Waals surface area contributed by atoms with Gasteiger partial charge in [-0.2, -0.15) is 0 Å². The molecule has 0 spiro atoms. The first kappa shape index (κ1) is 13.7. The summed E-state index contributed by atoms with van der Waals surface area (Å²) in [5, 5.41) is 3.43. The van der Waals surface area contributed by atoms with E-state index >= 15 is 0 Å². The van der Waals surface area contributed by atoms with Crippen LogP contribution in [0, 0.1) is 19.7 Å². The molecule has 1 N–H and O–H groups in total. The Morgan fingerprint density at radius 3 is 2.58 bits per heavy atom. The van der Waals surface area contributed by atoms with E-state index < -0.39 is 0 Å². The van der Waals surface area contributed by atoms with Crippen LogP contribution < -0.4 is 5.32 Å². The fraction of sp³-hybridized carbons (Fsp3) is 0.286. The second-order valence-electron chi connectivity index (χ2n) is 4.30. The summed E-state index contributed by atoms with van der Waals surface area (Å²) in [6, 6.07) is 6.72. The van der Waals surface area contributed by atoms with Gasteiger partial charge in [0.15, 0.2) is 11.0 Å². The van der Waals surface area contributed by atoms with Crippen molar-refractivity contribution >= 4 is 17.4 Å². The number of benzene rings is 1. The number of nitrogens with zero attached hydrogens (tertiary/aromatic N) is 2. The Morgan fingerprint density at radius 2 is 1.84 bits per heavy atom. The first-order valence-corrected chi connectivity index (χ1v) is 6.43. The average Bonchev–Trinajstić information content (AvgIpc) is 2.38. The van der Waals surface area contributed by atoms with Gasteiger partial charge < -0.3 is 5.32 Å². The number of aromatic nitrogens is 2. The Morgan fingerprint density at radius 1 is 1.16 bits per heavy atom. The SMILES string of the molecule is Cc1nc(Cl)c(NCCc2ccccc2F)nc1C. The fourth-order valence-electron chi connectivity index (χ4n) is 1.71. The molecule has 0 unspecified atom stereocenters. The van der Waals surface area contributed by atoms with Crippen molar-refractivity contribution in [2.24, 2.45) is 0 Å². The number of nitrogens with one attached hydrogen (secondary N) is 1. The van der Waals surface area contributed by atoms with Crippen molar-refractivity contribution in [3.8, 4) is 0 Å². The van der Waals surface area contributed by atoms with Gasteiger partial charge in [0.1, 0.15) is 5.82 Å². The molecule has 1 aromatic carbocycles. The normalized spacial score (nSPS) is 10.5. The summed E-state index contributed by atoms with van der Waals surface area (Å²) in [4.78, 5) is 8.51. The van der Waals surface area contributed by atoms with Crippen LogP contribution in [-0.2, 0) is 6.42 Å². The summed E-state index contributed by atoms with van der Waals surface area (Å²) < 4.78 is 13.4. The van der Waals surface area contributed by atoms with Crippen LogP contribution in [0.15, 0.2) is 24.3 Å². The van der Waals surface area contributed by atoms with Gasteiger partial charge in [0, 0.05) is 6.54 Å². The molecule has 1 aromatic heterocycles. The van der Waals surface area contributed by atoms with Crippen LogP contribution in [-0.4, -0.2) is 16.5 Å². The maximum absolute atomic E-state index is 13.4. The molecule has 19 heavy (non-hydrogen) atoms. The minimum Gasteiger partial charge on any atom is -0.367 e. The van der Waals surface area contributed by atoms with E-state index in [1.54, 1.807) is 12.1 Å². The molecule has 0 fully saturated rings. The van der Waals surface area contributed by atoms with Crippen LogP contribution in [0.4, 0.5) is 10.2 Å². The van der Waals surface area contributed by atoms with Crippen LogP contribution in [0.25, 0.3) is 0 Å². The maximum Gasteiger partial charge on any atom is 0.171 e. The first-order valence-electron chi connectivity index (χ1n) is 6.06. The molecule has 0 aliphatic carbocycles. The number of hydrogen-bond acceptors (Lipinski definition) is 3. The zero-order chi connectivity index (χ0) is 13.8. The second kappa shape index (κ2) is 5.97. The smallest absolute Gasteiger partial charge is 0.171 e. The molecule has 0 radical (unpaired) electrons. The second-order valence-corrected chi connectivity index (χ2v) is 4.66. The summed E-state index contributed by atoms with van der Waals surface area (Å²) >= 11 is 6.00. The molecular formula is C14H15ClFN3. The van der Waals surface area contributed by atoms with Crippen LogP contribution in [0.2, 0.25) is 5.15 Å². The zero-order valence-corrected chi connectivity index (χ0v) is 11.6. The van der Waals surface area contributed by atoms with E-state index in [2.05, 4.69) is 15.3 Å². The topological polar surface area (TPSA) is 37.8 Å². The monoisotopic (exact) mass is 279 g/mol. The third-order valence-corrected chi connectivity index (χ3v) is 3.17. The average molecular weight is 280 g/mol. The quantitative estimate of drug-likeness (QED) is 0.930. The lowest BCUT2D eigenvalue weighted by atomic mass is 10.1. The van der Waals surface area contributed by atoms with Crippen molar-refractivity contribution in [2.45, 2.75) is 20.3 Å². The zero-order valence-electron chi connectivity index (χ0n) is 10.9. The summed E-state index contributed by atoms with van der Waals surface area (Å²) in [6.45, 7) is 4.29. The van der Waals surface area contributed by atoms with Gasteiger partial charge in [0.25, 0.3) is 0 Å². The Balaban J connectivity index is 2.00. The molecule has 0 saturated heterocycles. The van der Waals surface area contributed by atoms with Crippen molar-refractivity contribution < 1.29 is 4.39 Å². The number of halogens is 2. The van der Waals surface area contributed by atoms with E-state index in [1.807, 2.05) is 19.9 Å². The minimum atomic E-state index is -0.193. The third-order valence-electron chi connectivity index (χ3n) is 2.91. The summed E-state index contributed by atoms with van der Waals surface area (Å²) in [5.41, 5.74) is 2.31. The van der Waals surface area contributed by atoms with Crippen molar-refractivity contribution in [2.75, 3.05) is 11.9 Å². The van der Waals surface area contributed by atoms with Gasteiger partial charge in [-0.3, -0.25) is 0 Å². The van der Waals surface area contributed by atoms with Crippen molar-refractivity contribution in [3.05, 3.63) is 52.2 Å². The van der Waals surface area contributed by atoms with Gasteiger partial charge in [-0.1, -0.05) is 29.8 Å². The highest BCUT2D eigenvalue weighted by Gasteiger charge is 2.07. The summed E-state index contributed by atoms with van der Waals surface area (Å²) in [5.74, 6) is 0.350. The lowest BCUT2D eigenvalue weighted by molar-refractivity contribution is 0.610. The van der Waals surface area contributed by atoms with Crippen molar-refractivity contribution in [1.82, 2.24) is 9.97 Å². The van der Waals surface area contributed by atoms with E-state index in [9.17, 15) is 4.39 Å². The van der Waals surface area contributed by atoms with E-state index in [1.165, 1.54) is 6.07 Å². The number of anilines is 1. The number of rotatable bonds is 4. The van der Waals surface area contributed by atoms with E-state index in [4.69, 9.17) is 11.6 Å². The molecule has 100 valence electrons. The molecule has 1 heterocycles. The van der Waals surface area contributed by atoms with Crippen molar-refractivity contribution in [1.29, 1.82) is 0 Å². The fourth-order valence-corrected chi connectivity index (χ4v) is 1.94. The minimum absolute atomic E-state index is 0.193. The van der Waals surface area contributed by atoms with E-state index in [0.29, 0.717) is 29.5 Å². The molecular weight excluding hydrogens is 265 g/mol. The van der Waals surface area contributed by atoms with Crippen LogP contribution in [0.5, 0.6) is 0 Å². The lowest BCUT2D eigenvalue weighted by Crippen LogP contribution is -2.09. The van der Waals surface area contributed by atoms with Crippen LogP contribution in [0.1, 0.15) is 17.0 Å². The molecule has 2 rings (SSSR count). The van der Waals surface area contributed by atoms with Gasteiger partial charge in [0.05, 0.1) is 11.4 Å². The molecule has 0 amide bonds. The maximum atomic E-state index is 13.4. The molecule has 0 atom stereocenters. The van der Waals surface area contributed by atoms with Crippen LogP contribution >= 0.6 is 11.6 Å². The Kier molecular flexibility index (Phi) is 4.32. The predicted molar refractivity (Wildman–Crippen MR) is 75.1 cm³/mol. The third kappa shape index (κ3) is 3.41. The predicted octanol–water partition coefficient (Wildman–Crippen LogP) is 3.54. The van der Waals surface area contributed by atoms with E-state index in [-0.39, 0.29) is 5.82 Å². The summed E-state index contributed by atoms with van der Waals surface area (Å²) in [6.07, 6.45) is 0.567. The van der Waals surface area contributed by atoms with Crippen molar-refractivity contribution in [3.63, 3.8) is 0 Å². The van der Waals surface area contributed by atoms with Gasteiger partial charge >= 0.3 is 0 Å². The number of hydrogen-bond donors (Lipinski definition) is 1. The molecule has 0 aliphatic heterocycles. The number of aryl methyl sites for hydroxylation is 2. The Labute approximate surface area is 116 Å². The highest BCUT2D eigenvalue weighted by molar-refractivity contribution is 6.31. The largest absolute Gasteiger partial charge is 0.367 e. The highest BCUT2D eigenvalue weighted by atomic mass is 35.5. The molecule has 3 nitrogen and oxygen atoms in total. The molecule has 5 heteroatoms. The van der Waals surface area contributed by atoms with Gasteiger partial charge in [-0.15, -0.1) is 0 Å².